The fourth-order valence-corrected chi connectivity index (χ4v) is 4.30. The van der Waals surface area contributed by atoms with Gasteiger partial charge in [-0.3, -0.25) is 0 Å². The van der Waals surface area contributed by atoms with Crippen LogP contribution in [-0.4, -0.2) is 21.3 Å². The first-order chi connectivity index (χ1) is 17.4. The van der Waals surface area contributed by atoms with E-state index >= 15 is 0 Å². The number of benzene rings is 4. The Balaban J connectivity index is 1.53. The fourth-order valence-electron chi connectivity index (χ4n) is 4.30. The predicted molar refractivity (Wildman–Crippen MR) is 134 cm³/mol. The molecule has 1 aliphatic heterocycles. The molecule has 0 bridgehead atoms. The quantitative estimate of drug-likeness (QED) is 0.227. The van der Waals surface area contributed by atoms with Crippen LogP contribution < -0.4 is 5.06 Å². The van der Waals surface area contributed by atoms with Crippen molar-refractivity contribution in [1.29, 1.82) is 0 Å². The molecule has 1 heterocycles. The molecular formula is C28H21N3O5. The number of fused-ring (bicyclic) bond motifs is 1. The van der Waals surface area contributed by atoms with Crippen molar-refractivity contribution < 1.29 is 25.2 Å². The summed E-state index contributed by atoms with van der Waals surface area (Å²) < 4.78 is 0. The van der Waals surface area contributed by atoms with E-state index in [4.69, 9.17) is 0 Å². The van der Waals surface area contributed by atoms with Crippen molar-refractivity contribution in [2.75, 3.05) is 0 Å². The Morgan fingerprint density at radius 1 is 0.833 bits per heavy atom. The van der Waals surface area contributed by atoms with Crippen molar-refractivity contribution in [2.24, 2.45) is 10.2 Å². The summed E-state index contributed by atoms with van der Waals surface area (Å²) in [5.41, 5.74) is 3.20. The molecule has 0 saturated carbocycles. The van der Waals surface area contributed by atoms with Crippen molar-refractivity contribution >= 4 is 23.4 Å². The van der Waals surface area contributed by atoms with Gasteiger partial charge in [-0.15, -0.1) is 10.2 Å². The molecule has 36 heavy (non-hydrogen) atoms. The van der Waals surface area contributed by atoms with Gasteiger partial charge >= 0.3 is 5.97 Å². The van der Waals surface area contributed by atoms with Crippen LogP contribution in [0.25, 0.3) is 17.2 Å². The minimum atomic E-state index is -1.07. The van der Waals surface area contributed by atoms with Crippen LogP contribution in [0.1, 0.15) is 33.1 Å². The molecule has 0 spiro atoms. The largest absolute Gasteiger partial charge is 0.629 e. The average Bonchev–Trinajstić information content (AvgIpc) is 2.90. The summed E-state index contributed by atoms with van der Waals surface area (Å²) in [4.78, 5) is 11.3. The van der Waals surface area contributed by atoms with Gasteiger partial charge in [-0.2, -0.15) is 0 Å². The maximum atomic E-state index is 12.8. The van der Waals surface area contributed by atoms with Crippen LogP contribution in [0.2, 0.25) is 0 Å². The van der Waals surface area contributed by atoms with Crippen LogP contribution in [0.4, 0.5) is 11.4 Å². The predicted octanol–water partition coefficient (Wildman–Crippen LogP) is 5.33. The van der Waals surface area contributed by atoms with Crippen molar-refractivity contribution in [2.45, 2.75) is 6.04 Å². The summed E-state index contributed by atoms with van der Waals surface area (Å²) in [5.74, 6) is -1.41. The number of para-hydroxylation sites is 1. The van der Waals surface area contributed by atoms with E-state index in [1.165, 1.54) is 18.3 Å². The number of rotatable bonds is 5. The molecule has 0 amide bonds. The summed E-state index contributed by atoms with van der Waals surface area (Å²) in [5, 5.41) is 52.1. The number of carbonyl (C=O) groups is 1. The number of azo groups is 1. The van der Waals surface area contributed by atoms with Gasteiger partial charge in [0.25, 0.3) is 0 Å². The molecule has 1 aliphatic rings. The number of hydrogen-bond acceptors (Lipinski definition) is 6. The molecule has 2 unspecified atom stereocenters. The van der Waals surface area contributed by atoms with Crippen molar-refractivity contribution in [1.82, 2.24) is 0 Å². The van der Waals surface area contributed by atoms with Gasteiger partial charge in [0.15, 0.2) is 11.5 Å². The van der Waals surface area contributed by atoms with Crippen LogP contribution in [0.15, 0.2) is 101 Å². The third-order valence-electron chi connectivity index (χ3n) is 6.06. The topological polar surface area (TPSA) is 130 Å². The van der Waals surface area contributed by atoms with Crippen LogP contribution in [0.3, 0.4) is 0 Å². The van der Waals surface area contributed by atoms with Crippen molar-refractivity contribution in [3.05, 3.63) is 119 Å². The second-order valence-electron chi connectivity index (χ2n) is 8.27. The Morgan fingerprint density at radius 3 is 2.31 bits per heavy atom. The number of aromatic carboxylic acids is 1. The standard InChI is InChI=1S/C28H21N3O5/c32-26-21(19-8-4-9-20(16-19)28(34)35)10-5-11-22(26)29-30-23-13-12-17-14-15-31(36)25(24(17)27(23)33)18-6-2-1-3-7-18/h1-16,25,31-33H,(H,34,35). The van der Waals surface area contributed by atoms with E-state index in [9.17, 15) is 25.3 Å². The number of phenols is 2. The van der Waals surface area contributed by atoms with Gasteiger partial charge in [-0.05, 0) is 41.5 Å². The summed E-state index contributed by atoms with van der Waals surface area (Å²) in [6.07, 6.45) is 3.17. The Hall–Kier alpha value is -4.79. The Kier molecular flexibility index (Phi) is 6.03. The number of aromatic hydroxyl groups is 2. The number of carboxylic acid groups (broad SMARTS) is 1. The van der Waals surface area contributed by atoms with Gasteiger partial charge in [0.05, 0.1) is 17.3 Å². The number of phenolic OH excluding ortho intramolecular Hbond substituents is 2. The molecule has 0 radical (unpaired) electrons. The second kappa shape index (κ2) is 9.46. The maximum absolute atomic E-state index is 12.8. The summed E-state index contributed by atoms with van der Waals surface area (Å²) in [7, 11) is 0. The molecule has 2 atom stereocenters. The minimum absolute atomic E-state index is 0.0921. The first-order valence-electron chi connectivity index (χ1n) is 11.1. The minimum Gasteiger partial charge on any atom is -0.629 e. The van der Waals surface area contributed by atoms with Gasteiger partial charge in [0.1, 0.15) is 17.4 Å². The third-order valence-corrected chi connectivity index (χ3v) is 6.06. The number of nitrogens with zero attached hydrogens (tertiary/aromatic N) is 2. The van der Waals surface area contributed by atoms with E-state index in [0.717, 1.165) is 5.56 Å². The zero-order chi connectivity index (χ0) is 25.2. The Bertz CT molecular complexity index is 1520. The normalized spacial score (nSPS) is 16.7. The molecule has 4 N–H and O–H groups in total. The molecule has 0 fully saturated rings. The summed E-state index contributed by atoms with van der Waals surface area (Å²) in [6, 6.07) is 23.0. The van der Waals surface area contributed by atoms with E-state index in [2.05, 4.69) is 10.2 Å². The highest BCUT2D eigenvalue weighted by Crippen LogP contribution is 2.42. The van der Waals surface area contributed by atoms with E-state index in [-0.39, 0.29) is 33.5 Å². The van der Waals surface area contributed by atoms with E-state index in [1.807, 2.05) is 30.3 Å². The third kappa shape index (κ3) is 4.22. The first kappa shape index (κ1) is 23.0. The highest BCUT2D eigenvalue weighted by atomic mass is 16.5. The highest BCUT2D eigenvalue weighted by Gasteiger charge is 2.30. The molecule has 8 nitrogen and oxygen atoms in total. The van der Waals surface area contributed by atoms with Crippen molar-refractivity contribution in [3.63, 3.8) is 0 Å². The fraction of sp³-hybridized carbons (Fsp3) is 0.0357. The second-order valence-corrected chi connectivity index (χ2v) is 8.27. The molecule has 0 saturated heterocycles. The lowest BCUT2D eigenvalue weighted by Gasteiger charge is -2.33. The number of hydroxylamine groups is 2. The number of hydrogen-bond donors (Lipinski definition) is 4. The summed E-state index contributed by atoms with van der Waals surface area (Å²) >= 11 is 0. The Morgan fingerprint density at radius 2 is 1.56 bits per heavy atom. The number of nitrogens with one attached hydrogen (secondary N) is 1. The Labute approximate surface area is 206 Å². The smallest absolute Gasteiger partial charge is 0.335 e. The first-order valence-corrected chi connectivity index (χ1v) is 11.1. The van der Waals surface area contributed by atoms with E-state index < -0.39 is 12.0 Å². The number of carboxylic acids is 1. The van der Waals surface area contributed by atoms with Crippen LogP contribution in [-0.2, 0) is 0 Å². The zero-order valence-corrected chi connectivity index (χ0v) is 18.9. The van der Waals surface area contributed by atoms with Crippen molar-refractivity contribution in [3.8, 4) is 22.6 Å². The average molecular weight is 479 g/mol. The van der Waals surface area contributed by atoms with Gasteiger partial charge in [0, 0.05) is 11.1 Å². The lowest BCUT2D eigenvalue weighted by molar-refractivity contribution is -0.820. The molecule has 0 aliphatic carbocycles. The molecule has 178 valence electrons. The molecule has 4 aromatic rings. The van der Waals surface area contributed by atoms with Crippen LogP contribution >= 0.6 is 0 Å². The van der Waals surface area contributed by atoms with E-state index in [1.54, 1.807) is 48.5 Å². The zero-order valence-electron chi connectivity index (χ0n) is 18.9. The van der Waals surface area contributed by atoms with Gasteiger partial charge in [0.2, 0.25) is 0 Å². The lowest BCUT2D eigenvalue weighted by atomic mass is 9.90. The van der Waals surface area contributed by atoms with Gasteiger partial charge in [-0.25, -0.2) is 4.79 Å². The lowest BCUT2D eigenvalue weighted by Crippen LogP contribution is -3.03. The molecule has 0 aromatic heterocycles. The summed E-state index contributed by atoms with van der Waals surface area (Å²) in [6.45, 7) is 0. The SMILES string of the molecule is O=C(O)c1cccc(-c2cccc(N=Nc3ccc4c(c3O)C(c3ccccc3)[NH+]([O-])C=C4)c2O)c1. The van der Waals surface area contributed by atoms with E-state index in [0.29, 0.717) is 22.3 Å². The van der Waals surface area contributed by atoms with Gasteiger partial charge in [-0.1, -0.05) is 60.7 Å². The molecule has 8 heteroatoms. The maximum Gasteiger partial charge on any atom is 0.335 e. The van der Waals surface area contributed by atoms with Crippen LogP contribution in [0.5, 0.6) is 11.5 Å². The molecule has 4 aromatic carbocycles. The molecular weight excluding hydrogens is 458 g/mol. The van der Waals surface area contributed by atoms with Gasteiger partial charge < -0.3 is 25.6 Å². The number of quaternary nitrogens is 1. The highest BCUT2D eigenvalue weighted by molar-refractivity contribution is 5.90. The van der Waals surface area contributed by atoms with Crippen LogP contribution in [0, 0.1) is 5.21 Å². The molecule has 5 rings (SSSR count). The monoisotopic (exact) mass is 479 g/mol.